The van der Waals surface area contributed by atoms with Gasteiger partial charge in [-0.1, -0.05) is 41.0 Å². The van der Waals surface area contributed by atoms with E-state index in [4.69, 9.17) is 0 Å². The third kappa shape index (κ3) is 3.61. The van der Waals surface area contributed by atoms with Crippen molar-refractivity contribution in [2.24, 2.45) is 17.3 Å². The fourth-order valence-corrected chi connectivity index (χ4v) is 2.70. The molecule has 0 aromatic carbocycles. The summed E-state index contributed by atoms with van der Waals surface area (Å²) in [4.78, 5) is 2.65. The molecule has 14 heavy (non-hydrogen) atoms. The van der Waals surface area contributed by atoms with Crippen LogP contribution in [0, 0.1) is 17.3 Å². The molecule has 1 saturated heterocycles. The Labute approximate surface area is 89.9 Å². The fourth-order valence-electron chi connectivity index (χ4n) is 2.70. The first-order valence-electron chi connectivity index (χ1n) is 6.14. The van der Waals surface area contributed by atoms with E-state index in [1.54, 1.807) is 0 Å². The molecule has 84 valence electrons. The first kappa shape index (κ1) is 12.0. The Bertz CT molecular complexity index is 169. The van der Waals surface area contributed by atoms with Crippen LogP contribution in [0.1, 0.15) is 47.5 Å². The third-order valence-corrected chi connectivity index (χ3v) is 3.39. The summed E-state index contributed by atoms with van der Waals surface area (Å²) in [6.45, 7) is 15.7. The second kappa shape index (κ2) is 4.65. The summed E-state index contributed by atoms with van der Waals surface area (Å²) < 4.78 is 0. The minimum absolute atomic E-state index is 0.457. The molecule has 0 N–H and O–H groups in total. The summed E-state index contributed by atoms with van der Waals surface area (Å²) >= 11 is 0. The first-order valence-corrected chi connectivity index (χ1v) is 6.14. The first-order chi connectivity index (χ1) is 6.42. The average molecular weight is 197 g/mol. The molecule has 0 bridgehead atoms. The van der Waals surface area contributed by atoms with Crippen molar-refractivity contribution in [2.45, 2.75) is 47.5 Å². The normalized spacial score (nSPS) is 30.6. The van der Waals surface area contributed by atoms with Gasteiger partial charge in [0.05, 0.1) is 0 Å². The van der Waals surface area contributed by atoms with Crippen molar-refractivity contribution in [2.75, 3.05) is 19.6 Å². The molecular weight excluding hydrogens is 170 g/mol. The Morgan fingerprint density at radius 1 is 1.29 bits per heavy atom. The lowest BCUT2D eigenvalue weighted by molar-refractivity contribution is 0.0945. The standard InChI is InChI=1S/C13H27N/c1-6-12-7-8-14(9-11(12)2)10-13(3,4)5/h11-12H,6-10H2,1-5H3. The van der Waals surface area contributed by atoms with Gasteiger partial charge in [0.1, 0.15) is 0 Å². The number of piperidine rings is 1. The van der Waals surface area contributed by atoms with Crippen molar-refractivity contribution in [1.82, 2.24) is 4.90 Å². The summed E-state index contributed by atoms with van der Waals surface area (Å²) in [6.07, 6.45) is 2.78. The minimum atomic E-state index is 0.457. The van der Waals surface area contributed by atoms with Crippen LogP contribution < -0.4 is 0 Å². The number of hydrogen-bond donors (Lipinski definition) is 0. The Morgan fingerprint density at radius 3 is 2.36 bits per heavy atom. The molecular formula is C13H27N. The highest BCUT2D eigenvalue weighted by Crippen LogP contribution is 2.27. The molecule has 0 radical (unpaired) electrons. The molecule has 1 nitrogen and oxygen atoms in total. The van der Waals surface area contributed by atoms with Crippen LogP contribution in [-0.2, 0) is 0 Å². The maximum absolute atomic E-state index is 2.65. The molecule has 2 unspecified atom stereocenters. The van der Waals surface area contributed by atoms with Gasteiger partial charge in [0.15, 0.2) is 0 Å². The van der Waals surface area contributed by atoms with Crippen molar-refractivity contribution < 1.29 is 0 Å². The van der Waals surface area contributed by atoms with Crippen LogP contribution in [0.5, 0.6) is 0 Å². The molecule has 0 amide bonds. The Morgan fingerprint density at radius 2 is 1.93 bits per heavy atom. The predicted molar refractivity (Wildman–Crippen MR) is 63.5 cm³/mol. The molecule has 1 fully saturated rings. The Hall–Kier alpha value is -0.0400. The van der Waals surface area contributed by atoms with Crippen LogP contribution in [-0.4, -0.2) is 24.5 Å². The van der Waals surface area contributed by atoms with E-state index in [9.17, 15) is 0 Å². The molecule has 0 spiro atoms. The molecule has 1 heterocycles. The van der Waals surface area contributed by atoms with E-state index in [0.717, 1.165) is 11.8 Å². The third-order valence-electron chi connectivity index (χ3n) is 3.39. The molecule has 0 aromatic rings. The minimum Gasteiger partial charge on any atom is -0.303 e. The predicted octanol–water partition coefficient (Wildman–Crippen LogP) is 3.40. The van der Waals surface area contributed by atoms with E-state index in [1.807, 2.05) is 0 Å². The quantitative estimate of drug-likeness (QED) is 0.656. The fraction of sp³-hybridized carbons (Fsp3) is 1.00. The molecule has 1 aliphatic rings. The molecule has 0 aromatic heterocycles. The van der Waals surface area contributed by atoms with Crippen molar-refractivity contribution in [1.29, 1.82) is 0 Å². The number of nitrogens with zero attached hydrogens (tertiary/aromatic N) is 1. The van der Waals surface area contributed by atoms with Crippen LogP contribution >= 0.6 is 0 Å². The van der Waals surface area contributed by atoms with Gasteiger partial charge in [0.2, 0.25) is 0 Å². The maximum Gasteiger partial charge on any atom is 0.00302 e. The van der Waals surface area contributed by atoms with E-state index >= 15 is 0 Å². The van der Waals surface area contributed by atoms with Crippen molar-refractivity contribution in [3.05, 3.63) is 0 Å². The lowest BCUT2D eigenvalue weighted by Gasteiger charge is -2.39. The lowest BCUT2D eigenvalue weighted by Crippen LogP contribution is -2.42. The largest absolute Gasteiger partial charge is 0.303 e. The van der Waals surface area contributed by atoms with E-state index in [2.05, 4.69) is 39.5 Å². The second-order valence-electron chi connectivity index (χ2n) is 6.23. The van der Waals surface area contributed by atoms with Gasteiger partial charge in [0, 0.05) is 13.1 Å². The van der Waals surface area contributed by atoms with Gasteiger partial charge in [-0.2, -0.15) is 0 Å². The highest BCUT2D eigenvalue weighted by molar-refractivity contribution is 4.79. The van der Waals surface area contributed by atoms with Crippen molar-refractivity contribution in [3.63, 3.8) is 0 Å². The zero-order chi connectivity index (χ0) is 10.8. The van der Waals surface area contributed by atoms with Gasteiger partial charge >= 0.3 is 0 Å². The van der Waals surface area contributed by atoms with E-state index < -0.39 is 0 Å². The molecule has 1 rings (SSSR count). The monoisotopic (exact) mass is 197 g/mol. The number of hydrogen-bond acceptors (Lipinski definition) is 1. The lowest BCUT2D eigenvalue weighted by atomic mass is 9.84. The number of rotatable bonds is 2. The Balaban J connectivity index is 2.39. The topological polar surface area (TPSA) is 3.24 Å². The summed E-state index contributed by atoms with van der Waals surface area (Å²) in [5, 5.41) is 0. The van der Waals surface area contributed by atoms with Gasteiger partial charge in [-0.3, -0.25) is 0 Å². The maximum atomic E-state index is 2.65. The van der Waals surface area contributed by atoms with Gasteiger partial charge in [-0.25, -0.2) is 0 Å². The molecule has 1 heteroatoms. The van der Waals surface area contributed by atoms with Gasteiger partial charge in [-0.15, -0.1) is 0 Å². The van der Waals surface area contributed by atoms with Crippen molar-refractivity contribution in [3.8, 4) is 0 Å². The van der Waals surface area contributed by atoms with Gasteiger partial charge in [-0.05, 0) is 30.2 Å². The van der Waals surface area contributed by atoms with Gasteiger partial charge in [0.25, 0.3) is 0 Å². The highest BCUT2D eigenvalue weighted by atomic mass is 15.1. The zero-order valence-corrected chi connectivity index (χ0v) is 10.6. The second-order valence-corrected chi connectivity index (χ2v) is 6.23. The molecule has 2 atom stereocenters. The van der Waals surface area contributed by atoms with Crippen molar-refractivity contribution >= 4 is 0 Å². The summed E-state index contributed by atoms with van der Waals surface area (Å²) in [5.74, 6) is 1.88. The summed E-state index contributed by atoms with van der Waals surface area (Å²) in [5.41, 5.74) is 0.457. The molecule has 0 saturated carbocycles. The summed E-state index contributed by atoms with van der Waals surface area (Å²) in [7, 11) is 0. The smallest absolute Gasteiger partial charge is 0.00302 e. The van der Waals surface area contributed by atoms with Crippen LogP contribution in [0.2, 0.25) is 0 Å². The van der Waals surface area contributed by atoms with Crippen LogP contribution in [0.15, 0.2) is 0 Å². The number of likely N-dealkylation sites (tertiary alicyclic amines) is 1. The van der Waals surface area contributed by atoms with E-state index in [-0.39, 0.29) is 0 Å². The summed E-state index contributed by atoms with van der Waals surface area (Å²) in [6, 6.07) is 0. The Kier molecular flexibility index (Phi) is 4.00. The molecule has 0 aliphatic carbocycles. The average Bonchev–Trinajstić information content (AvgIpc) is 2.01. The van der Waals surface area contributed by atoms with Gasteiger partial charge < -0.3 is 4.90 Å². The molecule has 1 aliphatic heterocycles. The highest BCUT2D eigenvalue weighted by Gasteiger charge is 2.26. The van der Waals surface area contributed by atoms with E-state index in [0.29, 0.717) is 5.41 Å². The SMILES string of the molecule is CCC1CCN(CC(C)(C)C)CC1C. The van der Waals surface area contributed by atoms with Crippen LogP contribution in [0.3, 0.4) is 0 Å². The zero-order valence-electron chi connectivity index (χ0n) is 10.6. The van der Waals surface area contributed by atoms with Crippen LogP contribution in [0.4, 0.5) is 0 Å². The van der Waals surface area contributed by atoms with E-state index in [1.165, 1.54) is 32.5 Å². The van der Waals surface area contributed by atoms with Crippen LogP contribution in [0.25, 0.3) is 0 Å².